The third-order valence-corrected chi connectivity index (χ3v) is 4.60. The van der Waals surface area contributed by atoms with E-state index in [9.17, 15) is 4.39 Å². The van der Waals surface area contributed by atoms with Crippen LogP contribution in [0.25, 0.3) is 0 Å². The van der Waals surface area contributed by atoms with E-state index in [-0.39, 0.29) is 11.9 Å². The lowest BCUT2D eigenvalue weighted by molar-refractivity contribution is 0.608. The molecule has 0 fully saturated rings. The molecule has 0 aliphatic heterocycles. The summed E-state index contributed by atoms with van der Waals surface area (Å²) in [5, 5.41) is 4.44. The molecule has 6 heteroatoms. The van der Waals surface area contributed by atoms with E-state index in [4.69, 9.17) is 5.73 Å². The Bertz CT molecular complexity index is 605. The molecule has 0 amide bonds. The summed E-state index contributed by atoms with van der Waals surface area (Å²) in [7, 11) is 1.90. The van der Waals surface area contributed by atoms with Crippen LogP contribution in [0.15, 0.2) is 27.1 Å². The quantitative estimate of drug-likeness (QED) is 0.839. The molecule has 0 radical (unpaired) electrons. The van der Waals surface area contributed by atoms with Gasteiger partial charge in [0.25, 0.3) is 0 Å². The van der Waals surface area contributed by atoms with Crippen molar-refractivity contribution in [3.63, 3.8) is 0 Å². The third-order valence-electron chi connectivity index (χ3n) is 3.23. The maximum Gasteiger partial charge on any atom is 0.124 e. The SMILES string of the molecule is CCc1nn(C)c(CC(N)c2cc(F)cc(Br)c2)c1Br. The highest BCUT2D eigenvalue weighted by atomic mass is 79.9. The minimum Gasteiger partial charge on any atom is -0.324 e. The zero-order valence-electron chi connectivity index (χ0n) is 11.3. The molecule has 0 aliphatic carbocycles. The Labute approximate surface area is 134 Å². The van der Waals surface area contributed by atoms with Crippen LogP contribution in [0.1, 0.15) is 29.9 Å². The normalized spacial score (nSPS) is 12.7. The highest BCUT2D eigenvalue weighted by molar-refractivity contribution is 9.10. The fraction of sp³-hybridized carbons (Fsp3) is 0.357. The summed E-state index contributed by atoms with van der Waals surface area (Å²) in [4.78, 5) is 0. The van der Waals surface area contributed by atoms with E-state index >= 15 is 0 Å². The van der Waals surface area contributed by atoms with Crippen molar-refractivity contribution in [3.8, 4) is 0 Å². The van der Waals surface area contributed by atoms with Gasteiger partial charge in [0.1, 0.15) is 5.82 Å². The maximum atomic E-state index is 13.4. The highest BCUT2D eigenvalue weighted by Gasteiger charge is 2.17. The molecule has 0 saturated carbocycles. The zero-order chi connectivity index (χ0) is 14.9. The lowest BCUT2D eigenvalue weighted by Crippen LogP contribution is -2.16. The van der Waals surface area contributed by atoms with Gasteiger partial charge in [0, 0.05) is 24.0 Å². The molecule has 20 heavy (non-hydrogen) atoms. The van der Waals surface area contributed by atoms with Gasteiger partial charge >= 0.3 is 0 Å². The second-order valence-corrected chi connectivity index (χ2v) is 6.41. The van der Waals surface area contributed by atoms with Crippen LogP contribution in [0, 0.1) is 5.82 Å². The largest absolute Gasteiger partial charge is 0.324 e. The van der Waals surface area contributed by atoms with Crippen LogP contribution in [0.3, 0.4) is 0 Å². The third kappa shape index (κ3) is 3.30. The van der Waals surface area contributed by atoms with E-state index < -0.39 is 0 Å². The first-order valence-electron chi connectivity index (χ1n) is 6.34. The molecular formula is C14H16Br2FN3. The average Bonchev–Trinajstić information content (AvgIpc) is 2.65. The van der Waals surface area contributed by atoms with Crippen molar-refractivity contribution in [2.45, 2.75) is 25.8 Å². The van der Waals surface area contributed by atoms with Crippen LogP contribution in [-0.2, 0) is 19.9 Å². The molecule has 2 rings (SSSR count). The Morgan fingerprint density at radius 1 is 1.35 bits per heavy atom. The molecule has 0 aliphatic rings. The number of hydrogen-bond donors (Lipinski definition) is 1. The first kappa shape index (κ1) is 15.7. The number of nitrogens with two attached hydrogens (primary N) is 1. The molecule has 3 nitrogen and oxygen atoms in total. The van der Waals surface area contributed by atoms with Crippen LogP contribution < -0.4 is 5.73 Å². The van der Waals surface area contributed by atoms with Gasteiger partial charge in [-0.05, 0) is 46.1 Å². The van der Waals surface area contributed by atoms with Crippen LogP contribution in [0.2, 0.25) is 0 Å². The number of rotatable bonds is 4. The van der Waals surface area contributed by atoms with Gasteiger partial charge in [-0.25, -0.2) is 4.39 Å². The zero-order valence-corrected chi connectivity index (χ0v) is 14.5. The molecule has 108 valence electrons. The van der Waals surface area contributed by atoms with Crippen LogP contribution in [0.4, 0.5) is 4.39 Å². The molecule has 1 atom stereocenters. The Hall–Kier alpha value is -0.720. The highest BCUT2D eigenvalue weighted by Crippen LogP contribution is 2.27. The van der Waals surface area contributed by atoms with Gasteiger partial charge in [0.15, 0.2) is 0 Å². The number of aromatic nitrogens is 2. The van der Waals surface area contributed by atoms with E-state index in [0.29, 0.717) is 10.9 Å². The standard InChI is InChI=1S/C14H16Br2FN3/c1-3-12-14(16)13(20(2)19-12)7-11(18)8-4-9(15)6-10(17)5-8/h4-6,11H,3,7,18H2,1-2H3. The molecular weight excluding hydrogens is 389 g/mol. The molecule has 0 spiro atoms. The lowest BCUT2D eigenvalue weighted by atomic mass is 10.0. The van der Waals surface area contributed by atoms with Crippen LogP contribution in [0.5, 0.6) is 0 Å². The summed E-state index contributed by atoms with van der Waals surface area (Å²) >= 11 is 6.86. The lowest BCUT2D eigenvalue weighted by Gasteiger charge is -2.13. The molecule has 1 aromatic heterocycles. The number of aryl methyl sites for hydroxylation is 2. The van der Waals surface area contributed by atoms with Gasteiger partial charge in [-0.15, -0.1) is 0 Å². The molecule has 1 unspecified atom stereocenters. The second kappa shape index (κ2) is 6.37. The van der Waals surface area contributed by atoms with E-state index in [1.54, 1.807) is 0 Å². The first-order chi connectivity index (χ1) is 9.42. The number of nitrogens with zero attached hydrogens (tertiary/aromatic N) is 2. The van der Waals surface area contributed by atoms with E-state index in [1.165, 1.54) is 12.1 Å². The maximum absolute atomic E-state index is 13.4. The van der Waals surface area contributed by atoms with Crippen molar-refractivity contribution >= 4 is 31.9 Å². The average molecular weight is 405 g/mol. The van der Waals surface area contributed by atoms with Crippen molar-refractivity contribution in [1.29, 1.82) is 0 Å². The van der Waals surface area contributed by atoms with Crippen LogP contribution >= 0.6 is 31.9 Å². The molecule has 0 saturated heterocycles. The molecule has 2 N–H and O–H groups in total. The number of hydrogen-bond acceptors (Lipinski definition) is 2. The molecule has 1 aromatic carbocycles. The minimum absolute atomic E-state index is 0.279. The molecule has 0 bridgehead atoms. The Kier molecular flexibility index (Phi) is 4.99. The summed E-state index contributed by atoms with van der Waals surface area (Å²) in [5.41, 5.74) is 9.00. The van der Waals surface area contributed by atoms with Gasteiger partial charge < -0.3 is 5.73 Å². The predicted molar refractivity (Wildman–Crippen MR) is 85.0 cm³/mol. The summed E-state index contributed by atoms with van der Waals surface area (Å²) < 4.78 is 17.0. The van der Waals surface area contributed by atoms with E-state index in [1.807, 2.05) is 17.8 Å². The molecule has 1 heterocycles. The fourth-order valence-electron chi connectivity index (χ4n) is 2.16. The summed E-state index contributed by atoms with van der Waals surface area (Å²) in [6.07, 6.45) is 1.45. The summed E-state index contributed by atoms with van der Waals surface area (Å²) in [6, 6.07) is 4.46. The predicted octanol–water partition coefficient (Wildman–Crippen LogP) is 3.89. The summed E-state index contributed by atoms with van der Waals surface area (Å²) in [6.45, 7) is 2.06. The van der Waals surface area contributed by atoms with Gasteiger partial charge in [0.2, 0.25) is 0 Å². The fourth-order valence-corrected chi connectivity index (χ4v) is 3.42. The van der Waals surface area contributed by atoms with Gasteiger partial charge in [-0.1, -0.05) is 22.9 Å². The smallest absolute Gasteiger partial charge is 0.124 e. The number of halogens is 3. The van der Waals surface area contributed by atoms with Crippen molar-refractivity contribution < 1.29 is 4.39 Å². The van der Waals surface area contributed by atoms with Crippen molar-refractivity contribution in [2.24, 2.45) is 12.8 Å². The van der Waals surface area contributed by atoms with Crippen molar-refractivity contribution in [2.75, 3.05) is 0 Å². The van der Waals surface area contributed by atoms with E-state index in [2.05, 4.69) is 43.9 Å². The minimum atomic E-state index is -0.289. The Morgan fingerprint density at radius 3 is 2.60 bits per heavy atom. The van der Waals surface area contributed by atoms with Gasteiger partial charge in [-0.2, -0.15) is 5.10 Å². The first-order valence-corrected chi connectivity index (χ1v) is 7.92. The second-order valence-electron chi connectivity index (χ2n) is 4.70. The summed E-state index contributed by atoms with van der Waals surface area (Å²) in [5.74, 6) is -0.289. The Morgan fingerprint density at radius 2 is 2.05 bits per heavy atom. The monoisotopic (exact) mass is 403 g/mol. The molecule has 2 aromatic rings. The topological polar surface area (TPSA) is 43.8 Å². The number of benzene rings is 1. The Balaban J connectivity index is 2.27. The van der Waals surface area contributed by atoms with Crippen molar-refractivity contribution in [1.82, 2.24) is 9.78 Å². The van der Waals surface area contributed by atoms with Gasteiger partial charge in [-0.3, -0.25) is 4.68 Å². The van der Waals surface area contributed by atoms with E-state index in [0.717, 1.165) is 27.8 Å². The van der Waals surface area contributed by atoms with Gasteiger partial charge in [0.05, 0.1) is 15.9 Å². The van der Waals surface area contributed by atoms with Crippen LogP contribution in [-0.4, -0.2) is 9.78 Å². The van der Waals surface area contributed by atoms with Crippen molar-refractivity contribution in [3.05, 3.63) is 49.9 Å².